The van der Waals surface area contributed by atoms with Crippen LogP contribution in [0.4, 0.5) is 5.69 Å². The largest absolute Gasteiger partial charge is 0.496 e. The van der Waals surface area contributed by atoms with Crippen molar-refractivity contribution in [2.75, 3.05) is 19.0 Å². The third kappa shape index (κ3) is 3.33. The smallest absolute Gasteiger partial charge is 0.278 e. The fraction of sp³-hybridized carbons (Fsp3) is 0.273. The van der Waals surface area contributed by atoms with Crippen molar-refractivity contribution in [3.63, 3.8) is 0 Å². The summed E-state index contributed by atoms with van der Waals surface area (Å²) in [6, 6.07) is 13.1. The molecule has 1 aliphatic heterocycles. The zero-order chi connectivity index (χ0) is 19.6. The molecule has 0 unspecified atom stereocenters. The fourth-order valence-corrected chi connectivity index (χ4v) is 3.24. The Labute approximate surface area is 159 Å². The maximum atomic E-state index is 13.1. The highest BCUT2D eigenvalue weighted by Gasteiger charge is 2.39. The normalized spacial score (nSPS) is 14.1. The van der Waals surface area contributed by atoms with E-state index >= 15 is 0 Å². The number of para-hydroxylation sites is 1. The van der Waals surface area contributed by atoms with E-state index in [4.69, 9.17) is 4.74 Å². The molecular weight excluding hydrogens is 340 g/mol. The number of benzene rings is 2. The van der Waals surface area contributed by atoms with Gasteiger partial charge < -0.3 is 10.1 Å². The highest BCUT2D eigenvalue weighted by molar-refractivity contribution is 6.37. The minimum Gasteiger partial charge on any atom is -0.496 e. The first-order chi connectivity index (χ1) is 13.0. The predicted octanol–water partition coefficient (Wildman–Crippen LogP) is 3.91. The van der Waals surface area contributed by atoms with E-state index in [1.807, 2.05) is 51.1 Å². The first kappa shape index (κ1) is 18.7. The molecule has 27 heavy (non-hydrogen) atoms. The van der Waals surface area contributed by atoms with Gasteiger partial charge in [0.1, 0.15) is 11.4 Å². The SMILES string of the molecule is CCCN1C(=O)C(Nc2cccc(C)c2C)=C(c2ccccc2OC)C1=O. The van der Waals surface area contributed by atoms with Crippen LogP contribution in [0.1, 0.15) is 30.0 Å². The summed E-state index contributed by atoms with van der Waals surface area (Å²) in [6.07, 6.45) is 0.702. The van der Waals surface area contributed by atoms with Crippen molar-refractivity contribution in [3.05, 3.63) is 64.9 Å². The van der Waals surface area contributed by atoms with E-state index in [9.17, 15) is 9.59 Å². The number of imide groups is 1. The van der Waals surface area contributed by atoms with Crippen molar-refractivity contribution < 1.29 is 14.3 Å². The first-order valence-electron chi connectivity index (χ1n) is 9.06. The summed E-state index contributed by atoms with van der Waals surface area (Å²) in [5.41, 5.74) is 4.24. The summed E-state index contributed by atoms with van der Waals surface area (Å²) in [5.74, 6) is -0.0323. The molecule has 0 aliphatic carbocycles. The van der Waals surface area contributed by atoms with E-state index in [1.54, 1.807) is 19.2 Å². The second-order valence-electron chi connectivity index (χ2n) is 6.58. The van der Waals surface area contributed by atoms with Crippen LogP contribution in [0.25, 0.3) is 5.57 Å². The summed E-state index contributed by atoms with van der Waals surface area (Å²) in [7, 11) is 1.56. The molecule has 0 radical (unpaired) electrons. The maximum Gasteiger partial charge on any atom is 0.278 e. The zero-order valence-corrected chi connectivity index (χ0v) is 16.1. The van der Waals surface area contributed by atoms with Gasteiger partial charge in [-0.05, 0) is 43.5 Å². The van der Waals surface area contributed by atoms with Gasteiger partial charge in [-0.15, -0.1) is 0 Å². The average Bonchev–Trinajstić information content (AvgIpc) is 2.90. The Balaban J connectivity index is 2.16. The second kappa shape index (κ2) is 7.66. The van der Waals surface area contributed by atoms with Crippen molar-refractivity contribution in [2.24, 2.45) is 0 Å². The number of anilines is 1. The van der Waals surface area contributed by atoms with Gasteiger partial charge in [0.15, 0.2) is 0 Å². The van der Waals surface area contributed by atoms with Gasteiger partial charge in [0, 0.05) is 17.8 Å². The molecule has 0 bridgehead atoms. The lowest BCUT2D eigenvalue weighted by Gasteiger charge is -2.15. The Kier molecular flexibility index (Phi) is 5.31. The molecule has 0 saturated carbocycles. The Hall–Kier alpha value is -3.08. The summed E-state index contributed by atoms with van der Waals surface area (Å²) in [5, 5.41) is 3.23. The van der Waals surface area contributed by atoms with Gasteiger partial charge in [0.2, 0.25) is 0 Å². The molecule has 2 amide bonds. The molecule has 1 N–H and O–H groups in total. The Morgan fingerprint density at radius 3 is 2.44 bits per heavy atom. The van der Waals surface area contributed by atoms with E-state index < -0.39 is 0 Å². The van der Waals surface area contributed by atoms with Gasteiger partial charge in [0.25, 0.3) is 11.8 Å². The lowest BCUT2D eigenvalue weighted by atomic mass is 10.0. The number of aryl methyl sites for hydroxylation is 1. The molecule has 2 aromatic carbocycles. The average molecular weight is 364 g/mol. The van der Waals surface area contributed by atoms with Crippen molar-refractivity contribution in [3.8, 4) is 5.75 Å². The van der Waals surface area contributed by atoms with E-state index in [2.05, 4.69) is 5.32 Å². The Morgan fingerprint density at radius 2 is 1.74 bits per heavy atom. The quantitative estimate of drug-likeness (QED) is 0.790. The van der Waals surface area contributed by atoms with Gasteiger partial charge >= 0.3 is 0 Å². The summed E-state index contributed by atoms with van der Waals surface area (Å²) < 4.78 is 5.43. The van der Waals surface area contributed by atoms with Gasteiger partial charge in [-0.25, -0.2) is 0 Å². The number of rotatable bonds is 6. The van der Waals surface area contributed by atoms with Gasteiger partial charge in [-0.1, -0.05) is 37.3 Å². The molecule has 140 valence electrons. The zero-order valence-electron chi connectivity index (χ0n) is 16.1. The third-order valence-corrected chi connectivity index (χ3v) is 4.86. The molecule has 0 saturated heterocycles. The van der Waals surface area contributed by atoms with Crippen molar-refractivity contribution >= 4 is 23.1 Å². The molecule has 3 rings (SSSR count). The van der Waals surface area contributed by atoms with Crippen LogP contribution in [0.3, 0.4) is 0 Å². The molecule has 1 aliphatic rings. The topological polar surface area (TPSA) is 58.6 Å². The lowest BCUT2D eigenvalue weighted by molar-refractivity contribution is -0.136. The molecule has 5 heteroatoms. The molecule has 0 spiro atoms. The highest BCUT2D eigenvalue weighted by atomic mass is 16.5. The van der Waals surface area contributed by atoms with E-state index in [0.29, 0.717) is 35.5 Å². The van der Waals surface area contributed by atoms with Crippen LogP contribution in [0.15, 0.2) is 48.2 Å². The van der Waals surface area contributed by atoms with Crippen LogP contribution in [-0.2, 0) is 9.59 Å². The first-order valence-corrected chi connectivity index (χ1v) is 9.06. The summed E-state index contributed by atoms with van der Waals surface area (Å²) in [6.45, 7) is 6.33. The number of ether oxygens (including phenoxy) is 1. The third-order valence-electron chi connectivity index (χ3n) is 4.86. The van der Waals surface area contributed by atoms with Crippen LogP contribution in [0, 0.1) is 13.8 Å². The molecule has 5 nitrogen and oxygen atoms in total. The van der Waals surface area contributed by atoms with Gasteiger partial charge in [0.05, 0.1) is 12.7 Å². The van der Waals surface area contributed by atoms with Crippen molar-refractivity contribution in [1.29, 1.82) is 0 Å². The minimum atomic E-state index is -0.302. The second-order valence-corrected chi connectivity index (χ2v) is 6.58. The van der Waals surface area contributed by atoms with E-state index in [-0.39, 0.29) is 11.8 Å². The van der Waals surface area contributed by atoms with Gasteiger partial charge in [-0.2, -0.15) is 0 Å². The van der Waals surface area contributed by atoms with Crippen LogP contribution in [0.2, 0.25) is 0 Å². The number of amides is 2. The monoisotopic (exact) mass is 364 g/mol. The molecular formula is C22H24N2O3. The molecule has 0 aromatic heterocycles. The molecule has 0 atom stereocenters. The van der Waals surface area contributed by atoms with Crippen molar-refractivity contribution in [1.82, 2.24) is 4.90 Å². The number of nitrogens with one attached hydrogen (secondary N) is 1. The van der Waals surface area contributed by atoms with Crippen LogP contribution < -0.4 is 10.1 Å². The molecule has 1 heterocycles. The van der Waals surface area contributed by atoms with E-state index in [1.165, 1.54) is 4.90 Å². The Morgan fingerprint density at radius 1 is 1.00 bits per heavy atom. The standard InChI is InChI=1S/C22H24N2O3/c1-5-13-24-21(25)19(16-10-6-7-12-18(16)27-4)20(22(24)26)23-17-11-8-9-14(2)15(17)3/h6-12,23H,5,13H2,1-4H3. The van der Waals surface area contributed by atoms with Crippen LogP contribution >= 0.6 is 0 Å². The highest BCUT2D eigenvalue weighted by Crippen LogP contribution is 2.35. The molecule has 0 fully saturated rings. The minimum absolute atomic E-state index is 0.292. The summed E-state index contributed by atoms with van der Waals surface area (Å²) >= 11 is 0. The van der Waals surface area contributed by atoms with E-state index in [0.717, 1.165) is 16.8 Å². The number of carbonyl (C=O) groups excluding carboxylic acids is 2. The number of hydrogen-bond acceptors (Lipinski definition) is 4. The summed E-state index contributed by atoms with van der Waals surface area (Å²) in [4.78, 5) is 27.4. The Bertz CT molecular complexity index is 931. The fourth-order valence-electron chi connectivity index (χ4n) is 3.24. The maximum absolute atomic E-state index is 13.1. The lowest BCUT2D eigenvalue weighted by Crippen LogP contribution is -2.33. The number of hydrogen-bond donors (Lipinski definition) is 1. The number of carbonyl (C=O) groups is 2. The van der Waals surface area contributed by atoms with Crippen molar-refractivity contribution in [2.45, 2.75) is 27.2 Å². The number of nitrogens with zero attached hydrogens (tertiary/aromatic N) is 1. The number of methoxy groups -OCH3 is 1. The van der Waals surface area contributed by atoms with Crippen LogP contribution in [0.5, 0.6) is 5.75 Å². The predicted molar refractivity (Wildman–Crippen MR) is 106 cm³/mol. The van der Waals surface area contributed by atoms with Crippen LogP contribution in [-0.4, -0.2) is 30.4 Å². The van der Waals surface area contributed by atoms with Gasteiger partial charge in [-0.3, -0.25) is 14.5 Å². The molecule has 2 aromatic rings.